The Kier molecular flexibility index (Phi) is 11.8. The molecular formula is C37H47FO2. The first-order valence-electron chi connectivity index (χ1n) is 15.9. The van der Waals surface area contributed by atoms with Gasteiger partial charge in [-0.25, -0.2) is 9.18 Å². The molecule has 0 saturated carbocycles. The Morgan fingerprint density at radius 2 is 1.12 bits per heavy atom. The maximum atomic E-state index is 15.4. The molecule has 0 aliphatic carbocycles. The first kappa shape index (κ1) is 30.0. The fourth-order valence-electron chi connectivity index (χ4n) is 5.80. The van der Waals surface area contributed by atoms with Crippen molar-refractivity contribution in [2.75, 3.05) is 0 Å². The van der Waals surface area contributed by atoms with E-state index in [2.05, 4.69) is 38.1 Å². The summed E-state index contributed by atoms with van der Waals surface area (Å²) >= 11 is 0. The Hall–Kier alpha value is -2.94. The molecule has 0 saturated heterocycles. The minimum atomic E-state index is -0.480. The van der Waals surface area contributed by atoms with Gasteiger partial charge in [0.15, 0.2) is 11.4 Å². The molecule has 0 atom stereocenters. The Morgan fingerprint density at radius 3 is 1.77 bits per heavy atom. The van der Waals surface area contributed by atoms with Crippen molar-refractivity contribution in [2.45, 2.75) is 117 Å². The van der Waals surface area contributed by atoms with Crippen LogP contribution >= 0.6 is 0 Å². The molecule has 0 radical (unpaired) electrons. The molecule has 0 aliphatic rings. The molecule has 3 aromatic carbocycles. The van der Waals surface area contributed by atoms with Crippen molar-refractivity contribution in [1.82, 2.24) is 0 Å². The van der Waals surface area contributed by atoms with Crippen molar-refractivity contribution < 1.29 is 8.81 Å². The van der Waals surface area contributed by atoms with Crippen molar-refractivity contribution in [3.63, 3.8) is 0 Å². The molecule has 0 aliphatic heterocycles. The summed E-state index contributed by atoms with van der Waals surface area (Å²) in [6, 6.07) is 18.3. The Labute approximate surface area is 240 Å². The number of unbranched alkanes of at least 4 members (excludes halogenated alkanes) is 12. The summed E-state index contributed by atoms with van der Waals surface area (Å²) in [6.45, 7) is 4.47. The van der Waals surface area contributed by atoms with Crippen LogP contribution < -0.4 is 5.63 Å². The number of hydrogen-bond donors (Lipinski definition) is 0. The van der Waals surface area contributed by atoms with Crippen molar-refractivity contribution in [3.8, 4) is 11.1 Å². The van der Waals surface area contributed by atoms with Crippen LogP contribution in [0.3, 0.4) is 0 Å². The minimum Gasteiger partial charge on any atom is -0.419 e. The van der Waals surface area contributed by atoms with Crippen molar-refractivity contribution in [2.24, 2.45) is 0 Å². The van der Waals surface area contributed by atoms with E-state index in [-0.39, 0.29) is 11.4 Å². The smallest absolute Gasteiger partial charge is 0.344 e. The zero-order chi connectivity index (χ0) is 28.2. The average molecular weight is 543 g/mol. The van der Waals surface area contributed by atoms with Crippen LogP contribution in [-0.2, 0) is 12.8 Å². The van der Waals surface area contributed by atoms with Gasteiger partial charge in [0, 0.05) is 10.8 Å². The first-order valence-corrected chi connectivity index (χ1v) is 15.9. The molecule has 4 rings (SSSR count). The highest BCUT2D eigenvalue weighted by Gasteiger charge is 2.15. The van der Waals surface area contributed by atoms with E-state index in [0.29, 0.717) is 22.8 Å². The molecular weight excluding hydrogens is 495 g/mol. The van der Waals surface area contributed by atoms with E-state index in [1.54, 1.807) is 0 Å². The van der Waals surface area contributed by atoms with Gasteiger partial charge in [-0.1, -0.05) is 139 Å². The summed E-state index contributed by atoms with van der Waals surface area (Å²) in [7, 11) is 0. The molecule has 214 valence electrons. The SMILES string of the molecule is CCCCCCCCCCc1ccc(-c2ccc3c(c2)c(=O)oc2c(F)c(CCCCCCCC)ccc23)cc1. The lowest BCUT2D eigenvalue weighted by molar-refractivity contribution is 0.521. The first-order chi connectivity index (χ1) is 19.6. The molecule has 0 spiro atoms. The molecule has 0 amide bonds. The molecule has 0 N–H and O–H groups in total. The summed E-state index contributed by atoms with van der Waals surface area (Å²) in [5.74, 6) is -0.388. The van der Waals surface area contributed by atoms with Crippen LogP contribution in [0.1, 0.15) is 115 Å². The molecule has 4 aromatic rings. The van der Waals surface area contributed by atoms with Crippen LogP contribution in [0.5, 0.6) is 0 Å². The molecule has 0 unspecified atom stereocenters. The van der Waals surface area contributed by atoms with Gasteiger partial charge in [0.2, 0.25) is 0 Å². The number of aryl methyl sites for hydroxylation is 2. The monoisotopic (exact) mass is 542 g/mol. The van der Waals surface area contributed by atoms with E-state index < -0.39 is 5.63 Å². The van der Waals surface area contributed by atoms with Gasteiger partial charge in [-0.05, 0) is 54.0 Å². The molecule has 2 nitrogen and oxygen atoms in total. The van der Waals surface area contributed by atoms with Gasteiger partial charge in [-0.2, -0.15) is 0 Å². The molecule has 1 aromatic heterocycles. The fraction of sp³-hybridized carbons (Fsp3) is 0.486. The van der Waals surface area contributed by atoms with E-state index >= 15 is 4.39 Å². The topological polar surface area (TPSA) is 30.2 Å². The highest BCUT2D eigenvalue weighted by atomic mass is 19.1. The predicted octanol–water partition coefficient (Wildman–Crippen LogP) is 11.3. The summed E-state index contributed by atoms with van der Waals surface area (Å²) in [6.07, 6.45) is 19.4. The number of halogens is 1. The average Bonchev–Trinajstić information content (AvgIpc) is 2.98. The van der Waals surface area contributed by atoms with Crippen LogP contribution in [0.15, 0.2) is 63.8 Å². The lowest BCUT2D eigenvalue weighted by atomic mass is 9.97. The van der Waals surface area contributed by atoms with Gasteiger partial charge in [0.05, 0.1) is 5.39 Å². The minimum absolute atomic E-state index is 0.0824. The Bertz CT molecular complexity index is 1400. The maximum Gasteiger partial charge on any atom is 0.344 e. The third kappa shape index (κ3) is 8.05. The second-order valence-electron chi connectivity index (χ2n) is 11.5. The van der Waals surface area contributed by atoms with Crippen molar-refractivity contribution in [1.29, 1.82) is 0 Å². The second-order valence-corrected chi connectivity index (χ2v) is 11.5. The van der Waals surface area contributed by atoms with E-state index in [4.69, 9.17) is 4.42 Å². The number of hydrogen-bond acceptors (Lipinski definition) is 2. The van der Waals surface area contributed by atoms with Crippen LogP contribution in [0, 0.1) is 5.82 Å². The fourth-order valence-corrected chi connectivity index (χ4v) is 5.80. The van der Waals surface area contributed by atoms with Gasteiger partial charge >= 0.3 is 5.63 Å². The van der Waals surface area contributed by atoms with Crippen molar-refractivity contribution >= 4 is 21.7 Å². The maximum absolute atomic E-state index is 15.4. The summed E-state index contributed by atoms with van der Waals surface area (Å²) in [4.78, 5) is 13.0. The molecule has 1 heterocycles. The number of rotatable bonds is 17. The quantitative estimate of drug-likeness (QED) is 0.0754. The largest absolute Gasteiger partial charge is 0.419 e. The highest BCUT2D eigenvalue weighted by molar-refractivity contribution is 6.05. The van der Waals surface area contributed by atoms with Crippen molar-refractivity contribution in [3.05, 3.63) is 82.0 Å². The Balaban J connectivity index is 1.41. The predicted molar refractivity (Wildman–Crippen MR) is 169 cm³/mol. The Morgan fingerprint density at radius 1 is 0.575 bits per heavy atom. The second kappa shape index (κ2) is 15.7. The van der Waals surface area contributed by atoms with Crippen LogP contribution in [0.2, 0.25) is 0 Å². The lowest BCUT2D eigenvalue weighted by Gasteiger charge is -2.10. The molecule has 0 bridgehead atoms. The zero-order valence-corrected chi connectivity index (χ0v) is 24.7. The standard InChI is InChI=1S/C37H47FO2/c1-3-5-7-9-11-12-13-15-17-28-19-21-29(22-20-28)31-24-25-32-33-26-23-30(18-16-14-10-8-6-4-2)35(38)36(33)40-37(39)34(32)27-31/h19-27H,3-18H2,1-2H3. The summed E-state index contributed by atoms with van der Waals surface area (Å²) in [5, 5.41) is 1.90. The third-order valence-corrected chi connectivity index (χ3v) is 8.31. The highest BCUT2D eigenvalue weighted by Crippen LogP contribution is 2.31. The third-order valence-electron chi connectivity index (χ3n) is 8.31. The molecule has 3 heteroatoms. The van der Waals surface area contributed by atoms with Gasteiger partial charge in [-0.3, -0.25) is 0 Å². The lowest BCUT2D eigenvalue weighted by Crippen LogP contribution is -2.03. The van der Waals surface area contributed by atoms with Gasteiger partial charge in [0.25, 0.3) is 0 Å². The van der Waals surface area contributed by atoms with Gasteiger partial charge in [-0.15, -0.1) is 0 Å². The zero-order valence-electron chi connectivity index (χ0n) is 24.7. The summed E-state index contributed by atoms with van der Waals surface area (Å²) < 4.78 is 20.9. The van der Waals surface area contributed by atoms with Crippen LogP contribution in [0.4, 0.5) is 4.39 Å². The van der Waals surface area contributed by atoms with E-state index in [9.17, 15) is 4.79 Å². The van der Waals surface area contributed by atoms with Gasteiger partial charge < -0.3 is 4.42 Å². The summed E-state index contributed by atoms with van der Waals surface area (Å²) in [5.41, 5.74) is 3.63. The number of fused-ring (bicyclic) bond motifs is 3. The normalized spacial score (nSPS) is 11.6. The van der Waals surface area contributed by atoms with E-state index in [0.717, 1.165) is 35.8 Å². The van der Waals surface area contributed by atoms with Gasteiger partial charge in [0.1, 0.15) is 0 Å². The van der Waals surface area contributed by atoms with Crippen LogP contribution in [0.25, 0.3) is 32.9 Å². The van der Waals surface area contributed by atoms with E-state index in [1.807, 2.05) is 30.3 Å². The van der Waals surface area contributed by atoms with Crippen LogP contribution in [-0.4, -0.2) is 0 Å². The molecule has 40 heavy (non-hydrogen) atoms. The molecule has 0 fully saturated rings. The van der Waals surface area contributed by atoms with E-state index in [1.165, 1.54) is 82.6 Å². The number of benzene rings is 3.